The summed E-state index contributed by atoms with van der Waals surface area (Å²) in [5.41, 5.74) is 0. The molecule has 0 unspecified atom stereocenters. The van der Waals surface area contributed by atoms with E-state index in [1.54, 1.807) is 0 Å². The smallest absolute Gasteiger partial charge is 0.325 e. The van der Waals surface area contributed by atoms with E-state index in [1.807, 2.05) is 0 Å². The van der Waals surface area contributed by atoms with Gasteiger partial charge in [0.1, 0.15) is 0 Å². The summed E-state index contributed by atoms with van der Waals surface area (Å²) < 4.78 is 28.7. The van der Waals surface area contributed by atoms with E-state index in [2.05, 4.69) is 9.05 Å². The Kier molecular flexibility index (Phi) is 7.23. The van der Waals surface area contributed by atoms with E-state index in [1.165, 1.54) is 20.9 Å². The maximum atomic E-state index is 10.5. The lowest BCUT2D eigenvalue weighted by Gasteiger charge is -2.04. The van der Waals surface area contributed by atoms with E-state index in [4.69, 9.17) is 9.79 Å². The van der Waals surface area contributed by atoms with Crippen molar-refractivity contribution in [3.63, 3.8) is 0 Å². The Bertz CT molecular complexity index is 179. The third-order valence-corrected chi connectivity index (χ3v) is 1.99. The summed E-state index contributed by atoms with van der Waals surface area (Å²) in [6.45, 7) is 2.26. The van der Waals surface area contributed by atoms with Gasteiger partial charge in [0.2, 0.25) is 0 Å². The van der Waals surface area contributed by atoms with Crippen molar-refractivity contribution in [3.05, 3.63) is 0 Å². The van der Waals surface area contributed by atoms with E-state index < -0.39 is 15.2 Å². The number of hydrogen-bond acceptors (Lipinski definition) is 4. The highest BCUT2D eigenvalue weighted by molar-refractivity contribution is 7.52. The third-order valence-electron chi connectivity index (χ3n) is 0.663. The molecular formula is C4H14O6P2. The van der Waals surface area contributed by atoms with Crippen LogP contribution >= 0.6 is 15.2 Å². The molecule has 8 heteroatoms. The van der Waals surface area contributed by atoms with Crippen molar-refractivity contribution < 1.29 is 28.0 Å². The molecular weight excluding hydrogens is 206 g/mol. The van der Waals surface area contributed by atoms with Crippen LogP contribution in [0.4, 0.5) is 0 Å². The van der Waals surface area contributed by atoms with E-state index in [9.17, 15) is 9.13 Å². The molecule has 0 spiro atoms. The molecule has 2 N–H and O–H groups in total. The van der Waals surface area contributed by atoms with Crippen molar-refractivity contribution in [3.8, 4) is 0 Å². The second-order valence-electron chi connectivity index (χ2n) is 1.97. The molecule has 0 atom stereocenters. The molecule has 0 fully saturated rings. The zero-order valence-electron chi connectivity index (χ0n) is 7.42. The van der Waals surface area contributed by atoms with E-state index >= 15 is 0 Å². The molecule has 0 aromatic carbocycles. The fourth-order valence-corrected chi connectivity index (χ4v) is 0.224. The van der Waals surface area contributed by atoms with Crippen LogP contribution in [0.5, 0.6) is 0 Å². The van der Waals surface area contributed by atoms with Gasteiger partial charge in [-0.2, -0.15) is 0 Å². The molecule has 0 saturated heterocycles. The minimum atomic E-state index is -3.64. The molecule has 0 aliphatic rings. The Morgan fingerprint density at radius 1 is 1.00 bits per heavy atom. The maximum absolute atomic E-state index is 10.5. The van der Waals surface area contributed by atoms with Crippen LogP contribution < -0.4 is 0 Å². The predicted molar refractivity (Wildman–Crippen MR) is 45.5 cm³/mol. The first-order valence-corrected chi connectivity index (χ1v) is 6.89. The molecule has 76 valence electrons. The Balaban J connectivity index is 0. The normalized spacial score (nSPS) is 11.8. The zero-order chi connectivity index (χ0) is 10.4. The molecule has 0 aliphatic heterocycles. The Hall–Kier alpha value is 0.300. The molecule has 0 saturated carbocycles. The van der Waals surface area contributed by atoms with Crippen molar-refractivity contribution in [2.24, 2.45) is 0 Å². The van der Waals surface area contributed by atoms with Crippen LogP contribution in [-0.2, 0) is 18.2 Å². The van der Waals surface area contributed by atoms with Gasteiger partial charge in [-0.25, -0.2) is 0 Å². The van der Waals surface area contributed by atoms with Gasteiger partial charge in [-0.3, -0.25) is 9.13 Å². The van der Waals surface area contributed by atoms with Gasteiger partial charge in [0.05, 0.1) is 0 Å². The van der Waals surface area contributed by atoms with Gasteiger partial charge < -0.3 is 18.8 Å². The molecule has 0 amide bonds. The average molecular weight is 220 g/mol. The van der Waals surface area contributed by atoms with Gasteiger partial charge in [0.25, 0.3) is 0 Å². The van der Waals surface area contributed by atoms with Crippen LogP contribution in [0.1, 0.15) is 0 Å². The summed E-state index contributed by atoms with van der Waals surface area (Å²) in [6, 6.07) is 0. The van der Waals surface area contributed by atoms with Gasteiger partial charge in [-0.15, -0.1) is 0 Å². The molecule has 12 heavy (non-hydrogen) atoms. The second kappa shape index (κ2) is 5.86. The summed E-state index contributed by atoms with van der Waals surface area (Å²) in [6.07, 6.45) is 0. The van der Waals surface area contributed by atoms with Gasteiger partial charge in [-0.05, 0) is 0 Å². The first-order chi connectivity index (χ1) is 5.12. The monoisotopic (exact) mass is 220 g/mol. The van der Waals surface area contributed by atoms with Gasteiger partial charge in [0, 0.05) is 27.5 Å². The Morgan fingerprint density at radius 2 is 1.17 bits per heavy atom. The zero-order valence-corrected chi connectivity index (χ0v) is 9.21. The minimum Gasteiger partial charge on any atom is -0.325 e. The predicted octanol–water partition coefficient (Wildman–Crippen LogP) is 0.896. The van der Waals surface area contributed by atoms with Crippen LogP contribution in [0.15, 0.2) is 0 Å². The Labute approximate surface area is 71.6 Å². The van der Waals surface area contributed by atoms with Crippen LogP contribution in [0.3, 0.4) is 0 Å². The van der Waals surface area contributed by atoms with Gasteiger partial charge in [0.15, 0.2) is 0 Å². The van der Waals surface area contributed by atoms with Gasteiger partial charge >= 0.3 is 15.2 Å². The first-order valence-electron chi connectivity index (χ1n) is 2.84. The summed E-state index contributed by atoms with van der Waals surface area (Å²) in [7, 11) is -3.59. The van der Waals surface area contributed by atoms with Crippen LogP contribution in [0, 0.1) is 0 Å². The summed E-state index contributed by atoms with van der Waals surface area (Å²) in [5, 5.41) is 0. The largest absolute Gasteiger partial charge is 0.327 e. The lowest BCUT2D eigenvalue weighted by Crippen LogP contribution is -1.82. The van der Waals surface area contributed by atoms with Crippen LogP contribution in [0.2, 0.25) is 0 Å². The molecule has 6 nitrogen and oxygen atoms in total. The highest BCUT2D eigenvalue weighted by Gasteiger charge is 2.08. The minimum absolute atomic E-state index is 0.854. The van der Waals surface area contributed by atoms with Crippen molar-refractivity contribution in [1.29, 1.82) is 0 Å². The summed E-state index contributed by atoms with van der Waals surface area (Å²) in [4.78, 5) is 15.3. The fraction of sp³-hybridized carbons (Fsp3) is 1.00. The summed E-state index contributed by atoms with van der Waals surface area (Å²) >= 11 is 0. The molecule has 0 rings (SSSR count). The maximum Gasteiger partial charge on any atom is 0.327 e. The summed E-state index contributed by atoms with van der Waals surface area (Å²) in [5.74, 6) is 0. The van der Waals surface area contributed by atoms with Crippen LogP contribution in [-0.4, -0.2) is 37.3 Å². The van der Waals surface area contributed by atoms with Crippen molar-refractivity contribution in [1.82, 2.24) is 0 Å². The van der Waals surface area contributed by atoms with Crippen molar-refractivity contribution in [2.45, 2.75) is 0 Å². The van der Waals surface area contributed by atoms with Crippen molar-refractivity contribution >= 4 is 15.2 Å². The highest BCUT2D eigenvalue weighted by Crippen LogP contribution is 2.40. The molecule has 0 radical (unpaired) electrons. The van der Waals surface area contributed by atoms with E-state index in [0.29, 0.717) is 0 Å². The van der Waals surface area contributed by atoms with Crippen molar-refractivity contribution in [2.75, 3.05) is 27.5 Å². The molecule has 0 bridgehead atoms. The van der Waals surface area contributed by atoms with Crippen LogP contribution in [0.25, 0.3) is 0 Å². The number of hydrogen-bond donors (Lipinski definition) is 2. The highest BCUT2D eigenvalue weighted by atomic mass is 31.2. The average Bonchev–Trinajstić information content (AvgIpc) is 1.85. The quantitative estimate of drug-likeness (QED) is 0.671. The standard InChI is InChI=1S/C3H9O3P.CH5O3P/c1-5-7(3,4)6-2;1-5(2,3)4/h1-3H3;1H3,(H2,2,3,4). The van der Waals surface area contributed by atoms with E-state index in [0.717, 1.165) is 6.66 Å². The molecule has 0 aromatic rings. The molecule has 0 heterocycles. The Morgan fingerprint density at radius 3 is 1.17 bits per heavy atom. The lowest BCUT2D eigenvalue weighted by molar-refractivity contribution is 0.282. The fourth-order valence-electron chi connectivity index (χ4n) is 0.0745. The SMILES string of the molecule is COP(C)(=O)OC.CP(=O)(O)O. The topological polar surface area (TPSA) is 93.1 Å². The number of rotatable bonds is 2. The lowest BCUT2D eigenvalue weighted by atomic mass is 11.8. The van der Waals surface area contributed by atoms with Gasteiger partial charge in [-0.1, -0.05) is 0 Å². The second-order valence-corrected chi connectivity index (χ2v) is 5.92. The molecule has 0 aromatic heterocycles. The molecule has 0 aliphatic carbocycles. The van der Waals surface area contributed by atoms with E-state index in [-0.39, 0.29) is 0 Å². The third kappa shape index (κ3) is 22.4. The first kappa shape index (κ1) is 14.8.